The molecule has 0 radical (unpaired) electrons. The Morgan fingerprint density at radius 1 is 0.611 bits per heavy atom. The van der Waals surface area contributed by atoms with Crippen molar-refractivity contribution in [2.45, 2.75) is 59.3 Å². The van der Waals surface area contributed by atoms with E-state index in [-0.39, 0.29) is 31.9 Å². The molecule has 8 aromatic rings. The van der Waals surface area contributed by atoms with E-state index in [0.29, 0.717) is 0 Å². The number of anilines is 3. The first-order valence-corrected chi connectivity index (χ1v) is 18.4. The van der Waals surface area contributed by atoms with Gasteiger partial charge in [-0.2, -0.15) is 0 Å². The summed E-state index contributed by atoms with van der Waals surface area (Å²) in [7, 11) is 0. The van der Waals surface area contributed by atoms with Gasteiger partial charge in [-0.15, -0.1) is 40.4 Å². The number of benzene rings is 5. The molecule has 5 heteroatoms. The molecular formula is C49H44N4Pt. The van der Waals surface area contributed by atoms with Gasteiger partial charge in [-0.05, 0) is 91.1 Å². The zero-order valence-corrected chi connectivity index (χ0v) is 34.2. The number of aromatic nitrogens is 3. The summed E-state index contributed by atoms with van der Waals surface area (Å²) in [6, 6.07) is 50.9. The van der Waals surface area contributed by atoms with E-state index in [0.717, 1.165) is 72.6 Å². The summed E-state index contributed by atoms with van der Waals surface area (Å²) in [5.41, 5.74) is 13.5. The second-order valence-electron chi connectivity index (χ2n) is 16.1. The van der Waals surface area contributed by atoms with Gasteiger partial charge in [0.15, 0.2) is 0 Å². The summed E-state index contributed by atoms with van der Waals surface area (Å²) in [4.78, 5) is 17.5. The molecule has 8 rings (SSSR count). The van der Waals surface area contributed by atoms with E-state index in [1.807, 2.05) is 30.5 Å². The van der Waals surface area contributed by atoms with Crippen LogP contribution in [0.3, 0.4) is 0 Å². The molecule has 4 nitrogen and oxygen atoms in total. The summed E-state index contributed by atoms with van der Waals surface area (Å²) >= 11 is 0. The molecule has 3 aromatic heterocycles. The zero-order chi connectivity index (χ0) is 36.9. The molecule has 3 heterocycles. The van der Waals surface area contributed by atoms with Crippen LogP contribution in [0.5, 0.6) is 0 Å². The topological polar surface area (TPSA) is 43.1 Å². The van der Waals surface area contributed by atoms with Gasteiger partial charge in [0, 0.05) is 11.9 Å². The Kier molecular flexibility index (Phi) is 9.94. The molecule has 0 N–H and O–H groups in total. The number of hydrogen-bond acceptors (Lipinski definition) is 3. The summed E-state index contributed by atoms with van der Waals surface area (Å²) in [5, 5.41) is 2.29. The van der Waals surface area contributed by atoms with Crippen molar-refractivity contribution in [1.82, 2.24) is 15.0 Å². The van der Waals surface area contributed by atoms with Crippen LogP contribution in [0.15, 0.2) is 140 Å². The number of pyridine rings is 2. The van der Waals surface area contributed by atoms with E-state index in [1.165, 1.54) is 16.7 Å². The average molecular weight is 884 g/mol. The molecule has 0 aliphatic heterocycles. The molecule has 0 spiro atoms. The summed E-state index contributed by atoms with van der Waals surface area (Å²) in [6.45, 7) is 15.9. The van der Waals surface area contributed by atoms with Crippen molar-refractivity contribution in [3.05, 3.63) is 162 Å². The zero-order valence-electron chi connectivity index (χ0n) is 31.9. The quantitative estimate of drug-likeness (QED) is 0.156. The molecule has 0 saturated carbocycles. The Morgan fingerprint density at radius 2 is 1.26 bits per heavy atom. The van der Waals surface area contributed by atoms with E-state index < -0.39 is 0 Å². The number of rotatable bonds is 6. The molecule has 0 bridgehead atoms. The monoisotopic (exact) mass is 883 g/mol. The second-order valence-corrected chi connectivity index (χ2v) is 16.1. The third-order valence-electron chi connectivity index (χ3n) is 9.97. The van der Waals surface area contributed by atoms with Crippen LogP contribution >= 0.6 is 0 Å². The average Bonchev–Trinajstić information content (AvgIpc) is 3.54. The summed E-state index contributed by atoms with van der Waals surface area (Å²) in [6.07, 6.45) is 1.83. The third kappa shape index (κ3) is 7.28. The van der Waals surface area contributed by atoms with Crippen molar-refractivity contribution in [3.8, 4) is 33.6 Å². The summed E-state index contributed by atoms with van der Waals surface area (Å²) < 4.78 is 0. The molecule has 0 fully saturated rings. The third-order valence-corrected chi connectivity index (χ3v) is 9.97. The number of nitrogens with zero attached hydrogens (tertiary/aromatic N) is 4. The van der Waals surface area contributed by atoms with Crippen LogP contribution in [0, 0.1) is 13.0 Å². The fourth-order valence-electron chi connectivity index (χ4n) is 7.05. The van der Waals surface area contributed by atoms with Crippen LogP contribution in [0.4, 0.5) is 17.2 Å². The van der Waals surface area contributed by atoms with E-state index >= 15 is 0 Å². The minimum absolute atomic E-state index is 0. The molecule has 0 atom stereocenters. The SMILES string of the molecule is Cc1cc(-c2cc(-c3cc(C(C)(C)C)cc(C(C)(C)C)c3)cc(-c3cccc4c3[n-]c3ccccc34)n2)[c-]c(N(c2ccccc2)c2ccccn2)c1.[Pt+2]. The predicted octanol–water partition coefficient (Wildman–Crippen LogP) is 12.9. The minimum atomic E-state index is -0.0226. The van der Waals surface area contributed by atoms with Crippen LogP contribution in [-0.4, -0.2) is 9.97 Å². The molecule has 0 aliphatic carbocycles. The molecular weight excluding hydrogens is 840 g/mol. The Hall–Kier alpha value is -5.31. The fourth-order valence-corrected chi connectivity index (χ4v) is 7.05. The molecule has 0 unspecified atom stereocenters. The molecule has 0 aliphatic rings. The largest absolute Gasteiger partial charge is 2.00 e. The van der Waals surface area contributed by atoms with Crippen molar-refractivity contribution in [2.75, 3.05) is 4.90 Å². The van der Waals surface area contributed by atoms with Gasteiger partial charge in [0.1, 0.15) is 5.82 Å². The fraction of sp³-hybridized carbons (Fsp3) is 0.184. The van der Waals surface area contributed by atoms with E-state index in [4.69, 9.17) is 15.0 Å². The molecule has 0 amide bonds. The number of fused-ring (bicyclic) bond motifs is 3. The van der Waals surface area contributed by atoms with Gasteiger partial charge in [0.05, 0.1) is 5.69 Å². The number of aryl methyl sites for hydroxylation is 1. The summed E-state index contributed by atoms with van der Waals surface area (Å²) in [5.74, 6) is 0.823. The van der Waals surface area contributed by atoms with Gasteiger partial charge in [-0.1, -0.05) is 139 Å². The standard InChI is InChI=1S/C49H44N4.Pt/c1-32-24-35(28-39(25-32)53(38-16-9-8-10-17-38)46-22-13-14-23-50-46)44-29-34(33-26-36(48(2,3)4)31-37(27-33)49(5,6)7)30-45(51-44)42-20-15-19-41-40-18-11-12-21-43(40)52-47(41)42;/h8-27,29-31H,1-7H3;/q-2;+2. The van der Waals surface area contributed by atoms with Crippen LogP contribution in [0.25, 0.3) is 55.4 Å². The Labute approximate surface area is 333 Å². The molecule has 270 valence electrons. The first kappa shape index (κ1) is 37.0. The van der Waals surface area contributed by atoms with Crippen LogP contribution < -0.4 is 9.88 Å². The first-order valence-electron chi connectivity index (χ1n) is 18.4. The number of para-hydroxylation sites is 3. The van der Waals surface area contributed by atoms with Crippen LogP contribution in [0.1, 0.15) is 58.2 Å². The van der Waals surface area contributed by atoms with Gasteiger partial charge in [-0.3, -0.25) is 4.98 Å². The van der Waals surface area contributed by atoms with Crippen molar-refractivity contribution in [2.24, 2.45) is 0 Å². The Bertz CT molecular complexity index is 2520. The predicted molar refractivity (Wildman–Crippen MR) is 222 cm³/mol. The molecule has 5 aromatic carbocycles. The molecule has 0 saturated heterocycles. The van der Waals surface area contributed by atoms with Crippen molar-refractivity contribution in [1.29, 1.82) is 0 Å². The van der Waals surface area contributed by atoms with Crippen molar-refractivity contribution >= 4 is 39.0 Å². The second kappa shape index (κ2) is 14.5. The van der Waals surface area contributed by atoms with Gasteiger partial charge in [-0.25, -0.2) is 4.98 Å². The van der Waals surface area contributed by atoms with Gasteiger partial charge < -0.3 is 9.88 Å². The minimum Gasteiger partial charge on any atom is -0.656 e. The maximum absolute atomic E-state index is 5.44. The Morgan fingerprint density at radius 3 is 1.96 bits per heavy atom. The van der Waals surface area contributed by atoms with E-state index in [9.17, 15) is 0 Å². The van der Waals surface area contributed by atoms with Gasteiger partial charge in [0.25, 0.3) is 0 Å². The number of hydrogen-bond donors (Lipinski definition) is 0. The maximum atomic E-state index is 5.44. The first-order chi connectivity index (χ1) is 25.4. The van der Waals surface area contributed by atoms with E-state index in [1.54, 1.807) is 0 Å². The van der Waals surface area contributed by atoms with E-state index in [2.05, 4.69) is 169 Å². The Balaban J connectivity index is 0.00000450. The van der Waals surface area contributed by atoms with Crippen LogP contribution in [0.2, 0.25) is 0 Å². The molecule has 54 heavy (non-hydrogen) atoms. The van der Waals surface area contributed by atoms with Crippen molar-refractivity contribution < 1.29 is 21.1 Å². The van der Waals surface area contributed by atoms with Gasteiger partial charge >= 0.3 is 21.1 Å². The maximum Gasteiger partial charge on any atom is 2.00 e. The van der Waals surface area contributed by atoms with Gasteiger partial charge in [0.2, 0.25) is 0 Å². The normalized spacial score (nSPS) is 11.8. The van der Waals surface area contributed by atoms with Crippen LogP contribution in [-0.2, 0) is 31.9 Å². The smallest absolute Gasteiger partial charge is 0.656 e. The van der Waals surface area contributed by atoms with Crippen molar-refractivity contribution in [3.63, 3.8) is 0 Å².